The van der Waals surface area contributed by atoms with Crippen LogP contribution in [0.1, 0.15) is 12.5 Å². The molecule has 0 fully saturated rings. The van der Waals surface area contributed by atoms with Gasteiger partial charge in [0.25, 0.3) is 0 Å². The second-order valence-corrected chi connectivity index (χ2v) is 4.08. The van der Waals surface area contributed by atoms with Crippen molar-refractivity contribution < 1.29 is 19.4 Å². The molecule has 0 saturated heterocycles. The van der Waals surface area contributed by atoms with Gasteiger partial charge in [-0.15, -0.1) is 0 Å². The number of Topliss-reactive ketones (excluding diaryl/α,β-unsaturated/α-hetero) is 1. The van der Waals surface area contributed by atoms with Gasteiger partial charge in [-0.05, 0) is 6.92 Å². The van der Waals surface area contributed by atoms with Crippen molar-refractivity contribution in [3.8, 4) is 0 Å². The van der Waals surface area contributed by atoms with Crippen molar-refractivity contribution in [2.24, 2.45) is 0 Å². The number of carboxylic acid groups (broad SMARTS) is 1. The lowest BCUT2D eigenvalue weighted by molar-refractivity contribution is -0.133. The van der Waals surface area contributed by atoms with E-state index in [1.165, 1.54) is 6.92 Å². The number of halogens is 1. The Bertz CT molecular complexity index is 584. The average Bonchev–Trinajstić information content (AvgIpc) is 2.67. The van der Waals surface area contributed by atoms with E-state index in [0.29, 0.717) is 5.56 Å². The van der Waals surface area contributed by atoms with Gasteiger partial charge >= 0.3 is 5.97 Å². The number of benzene rings is 1. The van der Waals surface area contributed by atoms with Gasteiger partial charge in [-0.1, -0.05) is 41.9 Å². The van der Waals surface area contributed by atoms with E-state index in [0.717, 1.165) is 0 Å². The standard InChI is InChI=1S/C13H9ClO4/c1-7(13(16)17)11-10(15)9(14)12(18-11)8-5-3-2-4-6-8/h2-6H,1H3,(H,16,17). The van der Waals surface area contributed by atoms with Crippen molar-refractivity contribution in [3.05, 3.63) is 52.3 Å². The van der Waals surface area contributed by atoms with E-state index in [-0.39, 0.29) is 22.1 Å². The molecule has 0 radical (unpaired) electrons. The lowest BCUT2D eigenvalue weighted by atomic mass is 10.1. The number of hydrogen-bond acceptors (Lipinski definition) is 3. The molecule has 1 heterocycles. The lowest BCUT2D eigenvalue weighted by Gasteiger charge is -2.04. The zero-order valence-corrected chi connectivity index (χ0v) is 10.2. The van der Waals surface area contributed by atoms with Crippen LogP contribution >= 0.6 is 11.6 Å². The zero-order chi connectivity index (χ0) is 13.3. The third-order valence-electron chi connectivity index (χ3n) is 2.51. The van der Waals surface area contributed by atoms with Gasteiger partial charge in [0.15, 0.2) is 11.5 Å². The van der Waals surface area contributed by atoms with Crippen LogP contribution in [0.2, 0.25) is 0 Å². The zero-order valence-electron chi connectivity index (χ0n) is 9.44. The number of allylic oxidation sites excluding steroid dienone is 1. The molecular weight excluding hydrogens is 256 g/mol. The monoisotopic (exact) mass is 264 g/mol. The summed E-state index contributed by atoms with van der Waals surface area (Å²) in [5.41, 5.74) is 0.466. The molecule has 1 N–H and O–H groups in total. The summed E-state index contributed by atoms with van der Waals surface area (Å²) in [6.07, 6.45) is 0. The van der Waals surface area contributed by atoms with Crippen LogP contribution in [0, 0.1) is 0 Å². The maximum absolute atomic E-state index is 11.8. The topological polar surface area (TPSA) is 63.6 Å². The van der Waals surface area contributed by atoms with E-state index in [1.54, 1.807) is 24.3 Å². The highest BCUT2D eigenvalue weighted by atomic mass is 35.5. The maximum atomic E-state index is 11.8. The molecule has 5 heteroatoms. The maximum Gasteiger partial charge on any atom is 0.335 e. The summed E-state index contributed by atoms with van der Waals surface area (Å²) in [4.78, 5) is 22.6. The van der Waals surface area contributed by atoms with Crippen LogP contribution in [0.3, 0.4) is 0 Å². The van der Waals surface area contributed by atoms with Gasteiger partial charge in [-0.3, -0.25) is 4.79 Å². The summed E-state index contributed by atoms with van der Waals surface area (Å²) in [5.74, 6) is -1.85. The molecule has 4 nitrogen and oxygen atoms in total. The molecule has 18 heavy (non-hydrogen) atoms. The van der Waals surface area contributed by atoms with Gasteiger partial charge in [0.2, 0.25) is 5.78 Å². The molecule has 0 saturated carbocycles. The van der Waals surface area contributed by atoms with Crippen LogP contribution in [-0.2, 0) is 14.3 Å². The van der Waals surface area contributed by atoms with Gasteiger partial charge in [-0.2, -0.15) is 0 Å². The second kappa shape index (κ2) is 4.66. The normalized spacial score (nSPS) is 17.8. The predicted octanol–water partition coefficient (Wildman–Crippen LogP) is 2.55. The molecule has 1 aromatic carbocycles. The average molecular weight is 265 g/mol. The summed E-state index contributed by atoms with van der Waals surface area (Å²) in [7, 11) is 0. The summed E-state index contributed by atoms with van der Waals surface area (Å²) in [5, 5.41) is 8.75. The molecule has 0 amide bonds. The first-order chi connectivity index (χ1) is 8.52. The van der Waals surface area contributed by atoms with E-state index in [4.69, 9.17) is 21.4 Å². The van der Waals surface area contributed by atoms with Crippen molar-refractivity contribution in [2.75, 3.05) is 0 Å². The fraction of sp³-hybridized carbons (Fsp3) is 0.0769. The largest absolute Gasteiger partial charge is 0.478 e. The SMILES string of the molecule is CC(C(=O)O)=C1OC(c2ccccc2)=C(Cl)C1=O. The van der Waals surface area contributed by atoms with Gasteiger partial charge in [-0.25, -0.2) is 4.79 Å². The highest BCUT2D eigenvalue weighted by Gasteiger charge is 2.33. The van der Waals surface area contributed by atoms with Crippen LogP contribution in [0.4, 0.5) is 0 Å². The van der Waals surface area contributed by atoms with Crippen LogP contribution in [0.25, 0.3) is 5.76 Å². The van der Waals surface area contributed by atoms with Gasteiger partial charge < -0.3 is 9.84 Å². The Hall–Kier alpha value is -2.07. The van der Waals surface area contributed by atoms with E-state index in [2.05, 4.69) is 0 Å². The minimum atomic E-state index is -1.21. The number of carbonyl (C=O) groups is 2. The van der Waals surface area contributed by atoms with Crippen molar-refractivity contribution in [1.29, 1.82) is 0 Å². The summed E-state index contributed by atoms with van der Waals surface area (Å²) < 4.78 is 5.29. The lowest BCUT2D eigenvalue weighted by Crippen LogP contribution is -2.06. The first-order valence-corrected chi connectivity index (χ1v) is 5.52. The molecule has 0 bridgehead atoms. The molecule has 0 unspecified atom stereocenters. The number of ether oxygens (including phenoxy) is 1. The number of carbonyl (C=O) groups excluding carboxylic acids is 1. The molecule has 0 atom stereocenters. The van der Waals surface area contributed by atoms with Crippen LogP contribution in [0.5, 0.6) is 0 Å². The number of rotatable bonds is 2. The van der Waals surface area contributed by atoms with E-state index in [1.807, 2.05) is 6.07 Å². The predicted molar refractivity (Wildman–Crippen MR) is 65.6 cm³/mol. The fourth-order valence-electron chi connectivity index (χ4n) is 1.52. The summed E-state index contributed by atoms with van der Waals surface area (Å²) >= 11 is 5.88. The molecule has 92 valence electrons. The minimum absolute atomic E-state index is 0.100. The molecule has 2 rings (SSSR count). The van der Waals surface area contributed by atoms with Crippen molar-refractivity contribution in [2.45, 2.75) is 6.92 Å². The third kappa shape index (κ3) is 2.02. The molecule has 1 aliphatic rings. The molecular formula is C13H9ClO4. The Morgan fingerprint density at radius 1 is 1.28 bits per heavy atom. The molecule has 1 aromatic rings. The van der Waals surface area contributed by atoms with Crippen molar-refractivity contribution in [1.82, 2.24) is 0 Å². The first-order valence-electron chi connectivity index (χ1n) is 5.14. The van der Waals surface area contributed by atoms with Crippen LogP contribution < -0.4 is 0 Å². The molecule has 0 spiro atoms. The number of aliphatic carboxylic acids is 1. The van der Waals surface area contributed by atoms with Crippen molar-refractivity contribution >= 4 is 29.1 Å². The molecule has 1 aliphatic heterocycles. The van der Waals surface area contributed by atoms with Crippen LogP contribution in [-0.4, -0.2) is 16.9 Å². The number of carboxylic acids is 1. The minimum Gasteiger partial charge on any atom is -0.478 e. The van der Waals surface area contributed by atoms with E-state index < -0.39 is 11.8 Å². The highest BCUT2D eigenvalue weighted by molar-refractivity contribution is 6.49. The summed E-state index contributed by atoms with van der Waals surface area (Å²) in [6.45, 7) is 1.30. The van der Waals surface area contributed by atoms with E-state index >= 15 is 0 Å². The third-order valence-corrected chi connectivity index (χ3v) is 2.85. The van der Waals surface area contributed by atoms with Gasteiger partial charge in [0.05, 0.1) is 5.57 Å². The summed E-state index contributed by atoms with van der Waals surface area (Å²) in [6, 6.07) is 8.81. The van der Waals surface area contributed by atoms with Crippen molar-refractivity contribution in [3.63, 3.8) is 0 Å². The number of ketones is 1. The van der Waals surface area contributed by atoms with Crippen LogP contribution in [0.15, 0.2) is 46.7 Å². The highest BCUT2D eigenvalue weighted by Crippen LogP contribution is 2.35. The Morgan fingerprint density at radius 2 is 1.89 bits per heavy atom. The first kappa shape index (κ1) is 12.4. The Morgan fingerprint density at radius 3 is 2.44 bits per heavy atom. The molecule has 0 aliphatic carbocycles. The fourth-order valence-corrected chi connectivity index (χ4v) is 1.75. The quantitative estimate of drug-likeness (QED) is 0.834. The number of hydrogen-bond donors (Lipinski definition) is 1. The van der Waals surface area contributed by atoms with Gasteiger partial charge in [0, 0.05) is 5.56 Å². The second-order valence-electron chi connectivity index (χ2n) is 3.70. The Labute approximate surface area is 108 Å². The van der Waals surface area contributed by atoms with Gasteiger partial charge in [0.1, 0.15) is 5.03 Å². The Kier molecular flexibility index (Phi) is 3.21. The molecule has 0 aromatic heterocycles. The van der Waals surface area contributed by atoms with E-state index in [9.17, 15) is 9.59 Å². The smallest absolute Gasteiger partial charge is 0.335 e. The Balaban J connectivity index is 2.46.